The smallest absolute Gasteiger partial charge is 0.320 e. The van der Waals surface area contributed by atoms with E-state index < -0.39 is 45.0 Å². The summed E-state index contributed by atoms with van der Waals surface area (Å²) in [6.45, 7) is 0. The maximum absolute atomic E-state index is 15.0. The van der Waals surface area contributed by atoms with E-state index in [0.29, 0.717) is 10.7 Å². The second-order valence-corrected chi connectivity index (χ2v) is 11.0. The van der Waals surface area contributed by atoms with Crippen LogP contribution >= 0.6 is 11.6 Å². The van der Waals surface area contributed by atoms with Crippen LogP contribution in [0, 0.1) is 11.7 Å². The van der Waals surface area contributed by atoms with Gasteiger partial charge in [0.1, 0.15) is 11.4 Å². The summed E-state index contributed by atoms with van der Waals surface area (Å²) in [6, 6.07) is 15.1. The molecule has 37 heavy (non-hydrogen) atoms. The Hall–Kier alpha value is -3.96. The Morgan fingerprint density at radius 3 is 2.30 bits per heavy atom. The number of anilines is 2. The van der Waals surface area contributed by atoms with E-state index in [2.05, 4.69) is 16.0 Å². The summed E-state index contributed by atoms with van der Waals surface area (Å²) in [5.74, 6) is -4.29. The summed E-state index contributed by atoms with van der Waals surface area (Å²) in [6.07, 6.45) is 0.852. The van der Waals surface area contributed by atoms with E-state index in [1.54, 1.807) is 12.1 Å². The molecule has 0 radical (unpaired) electrons. The molecule has 0 bridgehead atoms. The fraction of sp³-hybridized carbons (Fsp3) is 0.160. The lowest BCUT2D eigenvalue weighted by Crippen LogP contribution is -2.50. The molecule has 1 fully saturated rings. The molecule has 0 heterocycles. The van der Waals surface area contributed by atoms with Crippen molar-refractivity contribution in [3.8, 4) is 11.1 Å². The summed E-state index contributed by atoms with van der Waals surface area (Å²) in [5.41, 5.74) is -1.15. The predicted octanol–water partition coefficient (Wildman–Crippen LogP) is 4.15. The van der Waals surface area contributed by atoms with Gasteiger partial charge < -0.3 is 21.1 Å². The predicted molar refractivity (Wildman–Crippen MR) is 136 cm³/mol. The van der Waals surface area contributed by atoms with Gasteiger partial charge in [0.25, 0.3) is 5.91 Å². The second-order valence-electron chi connectivity index (χ2n) is 8.57. The van der Waals surface area contributed by atoms with Gasteiger partial charge in [-0.25, -0.2) is 17.6 Å². The number of carboxylic acid groups (broad SMARTS) is 1. The van der Waals surface area contributed by atoms with Crippen LogP contribution in [0.2, 0.25) is 5.02 Å². The van der Waals surface area contributed by atoms with Crippen LogP contribution in [0.1, 0.15) is 6.42 Å². The number of amides is 3. The van der Waals surface area contributed by atoms with E-state index in [1.807, 2.05) is 0 Å². The van der Waals surface area contributed by atoms with E-state index in [1.165, 1.54) is 48.5 Å². The van der Waals surface area contributed by atoms with Gasteiger partial charge in [-0.2, -0.15) is 0 Å². The number of sulfone groups is 1. The Kier molecular flexibility index (Phi) is 6.94. The average molecular weight is 546 g/mol. The lowest BCUT2D eigenvalue weighted by molar-refractivity contribution is -0.140. The molecule has 2 unspecified atom stereocenters. The maximum Gasteiger partial charge on any atom is 0.320 e. The molecule has 0 aromatic heterocycles. The molecule has 4 rings (SSSR count). The summed E-state index contributed by atoms with van der Waals surface area (Å²) in [7, 11) is -3.59. The summed E-state index contributed by atoms with van der Waals surface area (Å²) in [4.78, 5) is 37.2. The first kappa shape index (κ1) is 26.1. The molecule has 9 nitrogen and oxygen atoms in total. The Bertz CT molecular complexity index is 1510. The highest BCUT2D eigenvalue weighted by Crippen LogP contribution is 2.45. The van der Waals surface area contributed by atoms with Crippen molar-refractivity contribution < 1.29 is 32.3 Å². The number of hydrogen-bond acceptors (Lipinski definition) is 5. The molecule has 3 aromatic rings. The number of hydrogen-bond donors (Lipinski definition) is 4. The molecule has 2 atom stereocenters. The lowest BCUT2D eigenvalue weighted by atomic mass is 10.0. The normalized spacial score (nSPS) is 18.5. The molecule has 4 N–H and O–H groups in total. The maximum atomic E-state index is 15.0. The lowest BCUT2D eigenvalue weighted by Gasteiger charge is -2.19. The van der Waals surface area contributed by atoms with Crippen molar-refractivity contribution in [2.75, 3.05) is 16.9 Å². The van der Waals surface area contributed by atoms with Gasteiger partial charge in [0, 0.05) is 22.5 Å². The first-order valence-corrected chi connectivity index (χ1v) is 13.2. The minimum Gasteiger partial charge on any atom is -0.481 e. The van der Waals surface area contributed by atoms with Crippen molar-refractivity contribution in [1.82, 2.24) is 5.32 Å². The van der Waals surface area contributed by atoms with Crippen molar-refractivity contribution in [1.29, 1.82) is 0 Å². The number of rotatable bonds is 7. The number of nitrogens with one attached hydrogen (secondary N) is 3. The zero-order valence-electron chi connectivity index (χ0n) is 19.3. The molecule has 192 valence electrons. The number of carboxylic acids is 1. The highest BCUT2D eigenvalue weighted by Gasteiger charge is 2.65. The number of halogens is 2. The average Bonchev–Trinajstić information content (AvgIpc) is 3.57. The third-order valence-corrected chi connectivity index (χ3v) is 7.32. The fourth-order valence-electron chi connectivity index (χ4n) is 3.95. The number of urea groups is 1. The molecular weight excluding hydrogens is 525 g/mol. The summed E-state index contributed by atoms with van der Waals surface area (Å²) in [5, 5.41) is 17.1. The van der Waals surface area contributed by atoms with Crippen LogP contribution in [-0.2, 0) is 19.4 Å². The van der Waals surface area contributed by atoms with Gasteiger partial charge in [-0.3, -0.25) is 9.59 Å². The Labute approximate surface area is 216 Å². The van der Waals surface area contributed by atoms with Gasteiger partial charge in [-0.15, -0.1) is 0 Å². The first-order valence-electron chi connectivity index (χ1n) is 10.9. The molecule has 3 amide bonds. The van der Waals surface area contributed by atoms with Crippen LogP contribution in [0.4, 0.5) is 20.6 Å². The van der Waals surface area contributed by atoms with E-state index in [4.69, 9.17) is 11.6 Å². The van der Waals surface area contributed by atoms with Gasteiger partial charge in [0.2, 0.25) is 0 Å². The SMILES string of the molecule is CS(=O)(=O)c1ccccc1-c1ccc(NC(=O)C2(NC(=O)Nc3ccc(Cl)cc3)CC2C(=O)O)c(F)c1. The number of carbonyl (C=O) groups is 3. The van der Waals surface area contributed by atoms with Crippen LogP contribution < -0.4 is 16.0 Å². The van der Waals surface area contributed by atoms with E-state index in [0.717, 1.165) is 12.3 Å². The zero-order chi connectivity index (χ0) is 27.0. The minimum absolute atomic E-state index is 0.0170. The molecule has 12 heteroatoms. The van der Waals surface area contributed by atoms with Gasteiger partial charge >= 0.3 is 12.0 Å². The monoisotopic (exact) mass is 545 g/mol. The Morgan fingerprint density at radius 2 is 1.70 bits per heavy atom. The molecule has 1 aliphatic carbocycles. The number of benzene rings is 3. The number of aliphatic carboxylic acids is 1. The van der Waals surface area contributed by atoms with Gasteiger partial charge in [0.05, 0.1) is 16.5 Å². The van der Waals surface area contributed by atoms with Crippen molar-refractivity contribution in [3.05, 3.63) is 77.6 Å². The highest BCUT2D eigenvalue weighted by molar-refractivity contribution is 7.90. The van der Waals surface area contributed by atoms with Gasteiger partial charge in [-0.1, -0.05) is 35.9 Å². The highest BCUT2D eigenvalue weighted by atomic mass is 35.5. The van der Waals surface area contributed by atoms with Crippen molar-refractivity contribution >= 4 is 50.7 Å². The third kappa shape index (κ3) is 5.57. The number of carbonyl (C=O) groups excluding carboxylic acids is 2. The molecular formula is C25H21ClFN3O6S. The fourth-order valence-corrected chi connectivity index (χ4v) is 4.99. The van der Waals surface area contributed by atoms with Crippen LogP contribution in [0.3, 0.4) is 0 Å². The van der Waals surface area contributed by atoms with E-state index >= 15 is 0 Å². The van der Waals surface area contributed by atoms with Crippen molar-refractivity contribution in [2.45, 2.75) is 16.9 Å². The Morgan fingerprint density at radius 1 is 1.03 bits per heavy atom. The van der Waals surface area contributed by atoms with E-state index in [9.17, 15) is 32.3 Å². The standard InChI is InChI=1S/C25H21ClFN3O6S/c1-37(35,36)21-5-3-2-4-17(21)14-6-11-20(19(27)12-14)29-23(33)25(13-18(25)22(31)32)30-24(34)28-16-9-7-15(26)8-10-16/h2-12,18H,13H2,1H3,(H,29,33)(H,31,32)(H2,28,30,34). The van der Waals surface area contributed by atoms with Crippen molar-refractivity contribution in [3.63, 3.8) is 0 Å². The molecule has 1 saturated carbocycles. The van der Waals surface area contributed by atoms with Crippen molar-refractivity contribution in [2.24, 2.45) is 5.92 Å². The van der Waals surface area contributed by atoms with Crippen LogP contribution in [-0.4, -0.2) is 43.2 Å². The molecule has 3 aromatic carbocycles. The quantitative estimate of drug-likeness (QED) is 0.351. The summed E-state index contributed by atoms with van der Waals surface area (Å²) >= 11 is 5.82. The van der Waals surface area contributed by atoms with Gasteiger partial charge in [0.15, 0.2) is 9.84 Å². The Balaban J connectivity index is 1.54. The molecule has 1 aliphatic rings. The van der Waals surface area contributed by atoms with Crippen LogP contribution in [0.15, 0.2) is 71.6 Å². The molecule has 0 aliphatic heterocycles. The topological polar surface area (TPSA) is 142 Å². The minimum atomic E-state index is -3.59. The third-order valence-electron chi connectivity index (χ3n) is 5.92. The second kappa shape index (κ2) is 9.83. The zero-order valence-corrected chi connectivity index (χ0v) is 20.9. The van der Waals surface area contributed by atoms with Gasteiger partial charge in [-0.05, 0) is 54.4 Å². The van der Waals surface area contributed by atoms with Crippen LogP contribution in [0.5, 0.6) is 0 Å². The largest absolute Gasteiger partial charge is 0.481 e. The van der Waals surface area contributed by atoms with E-state index in [-0.39, 0.29) is 28.1 Å². The molecule has 0 spiro atoms. The van der Waals surface area contributed by atoms with Crippen LogP contribution in [0.25, 0.3) is 11.1 Å². The summed E-state index contributed by atoms with van der Waals surface area (Å²) < 4.78 is 39.2. The molecule has 0 saturated heterocycles. The first-order chi connectivity index (χ1) is 17.4.